The summed E-state index contributed by atoms with van der Waals surface area (Å²) in [5, 5.41) is 11.6. The Hall–Kier alpha value is -2.76. The second-order valence-electron chi connectivity index (χ2n) is 5.77. The van der Waals surface area contributed by atoms with Crippen LogP contribution in [0.1, 0.15) is 46.0 Å². The van der Waals surface area contributed by atoms with Crippen LogP contribution in [0.4, 0.5) is 0 Å². The Morgan fingerprint density at radius 2 is 1.83 bits per heavy atom. The molecule has 0 aliphatic rings. The van der Waals surface area contributed by atoms with Gasteiger partial charge in [0.1, 0.15) is 17.3 Å². The Kier molecular flexibility index (Phi) is 5.28. The minimum Gasteiger partial charge on any atom is -0.481 e. The normalized spacial score (nSPS) is 11.8. The van der Waals surface area contributed by atoms with Crippen molar-refractivity contribution in [1.82, 2.24) is 5.32 Å². The maximum atomic E-state index is 12.4. The average Bonchev–Trinajstić information content (AvgIpc) is 2.92. The van der Waals surface area contributed by atoms with Crippen molar-refractivity contribution in [3.8, 4) is 5.75 Å². The van der Waals surface area contributed by atoms with Crippen molar-refractivity contribution in [2.45, 2.75) is 33.7 Å². The smallest absolute Gasteiger partial charge is 0.341 e. The van der Waals surface area contributed by atoms with Gasteiger partial charge >= 0.3 is 5.97 Å². The minimum atomic E-state index is -1.04. The van der Waals surface area contributed by atoms with Gasteiger partial charge in [-0.05, 0) is 63.1 Å². The van der Waals surface area contributed by atoms with Crippen molar-refractivity contribution < 1.29 is 23.8 Å². The lowest BCUT2D eigenvalue weighted by molar-refractivity contribution is -0.139. The molecule has 6 nitrogen and oxygen atoms in total. The number of carboxylic acid groups (broad SMARTS) is 1. The molecule has 1 heterocycles. The summed E-state index contributed by atoms with van der Waals surface area (Å²) < 4.78 is 10.8. The number of hydrogen-bond donors (Lipinski definition) is 2. The maximum Gasteiger partial charge on any atom is 0.341 e. The van der Waals surface area contributed by atoms with Gasteiger partial charge in [0.15, 0.2) is 6.61 Å². The van der Waals surface area contributed by atoms with Gasteiger partial charge in [0, 0.05) is 5.56 Å². The standard InChI is InChI=1S/C18H21NO5/c1-10-7-14(8-11(2)17(10)23-9-16(20)21)18(22)19-13(4)15-6-5-12(3)24-15/h5-8,13H,9H2,1-4H3,(H,19,22)(H,20,21). The highest BCUT2D eigenvalue weighted by molar-refractivity contribution is 5.95. The molecular formula is C18H21NO5. The van der Waals surface area contributed by atoms with Crippen LogP contribution in [0.15, 0.2) is 28.7 Å². The Morgan fingerprint density at radius 1 is 1.21 bits per heavy atom. The van der Waals surface area contributed by atoms with Crippen molar-refractivity contribution in [3.63, 3.8) is 0 Å². The van der Waals surface area contributed by atoms with Crippen molar-refractivity contribution in [3.05, 3.63) is 52.5 Å². The molecule has 1 atom stereocenters. The monoisotopic (exact) mass is 331 g/mol. The van der Waals surface area contributed by atoms with Gasteiger partial charge in [-0.2, -0.15) is 0 Å². The van der Waals surface area contributed by atoms with Crippen LogP contribution in [0, 0.1) is 20.8 Å². The Balaban J connectivity index is 2.13. The van der Waals surface area contributed by atoms with E-state index in [1.165, 1.54) is 0 Å². The lowest BCUT2D eigenvalue weighted by atomic mass is 10.0. The number of aliphatic carboxylic acids is 1. The second kappa shape index (κ2) is 7.21. The van der Waals surface area contributed by atoms with E-state index in [2.05, 4.69) is 5.32 Å². The van der Waals surface area contributed by atoms with Crippen molar-refractivity contribution in [2.75, 3.05) is 6.61 Å². The summed E-state index contributed by atoms with van der Waals surface area (Å²) in [6.07, 6.45) is 0. The molecule has 0 radical (unpaired) electrons. The first-order chi connectivity index (χ1) is 11.3. The van der Waals surface area contributed by atoms with E-state index in [-0.39, 0.29) is 11.9 Å². The molecule has 2 N–H and O–H groups in total. The second-order valence-corrected chi connectivity index (χ2v) is 5.77. The quantitative estimate of drug-likeness (QED) is 0.849. The molecule has 6 heteroatoms. The van der Waals surface area contributed by atoms with Gasteiger partial charge in [0.25, 0.3) is 5.91 Å². The third kappa shape index (κ3) is 4.16. The average molecular weight is 331 g/mol. The molecule has 0 saturated heterocycles. The van der Waals surface area contributed by atoms with E-state index in [9.17, 15) is 9.59 Å². The highest BCUT2D eigenvalue weighted by Gasteiger charge is 2.16. The van der Waals surface area contributed by atoms with Crippen LogP contribution in [0.25, 0.3) is 0 Å². The number of ether oxygens (including phenoxy) is 1. The molecule has 1 unspecified atom stereocenters. The van der Waals surface area contributed by atoms with Crippen LogP contribution in [0.2, 0.25) is 0 Å². The Labute approximate surface area is 140 Å². The largest absolute Gasteiger partial charge is 0.481 e. The number of carbonyl (C=O) groups excluding carboxylic acids is 1. The first kappa shape index (κ1) is 17.6. The number of carboxylic acids is 1. The van der Waals surface area contributed by atoms with Crippen molar-refractivity contribution in [2.24, 2.45) is 0 Å². The van der Waals surface area contributed by atoms with Gasteiger partial charge < -0.3 is 19.6 Å². The number of nitrogens with one attached hydrogen (secondary N) is 1. The zero-order valence-electron chi connectivity index (χ0n) is 14.2. The number of benzene rings is 1. The Bertz CT molecular complexity index is 740. The summed E-state index contributed by atoms with van der Waals surface area (Å²) in [6, 6.07) is 6.79. The molecule has 2 rings (SSSR count). The highest BCUT2D eigenvalue weighted by atomic mass is 16.5. The summed E-state index contributed by atoms with van der Waals surface area (Å²) in [5.74, 6) is 0.697. The zero-order valence-corrected chi connectivity index (χ0v) is 14.2. The topological polar surface area (TPSA) is 88.8 Å². The molecule has 0 fully saturated rings. The molecule has 0 aliphatic heterocycles. The van der Waals surface area contributed by atoms with Gasteiger partial charge in [0.2, 0.25) is 0 Å². The van der Waals surface area contributed by atoms with E-state index in [4.69, 9.17) is 14.3 Å². The van der Waals surface area contributed by atoms with Gasteiger partial charge in [-0.3, -0.25) is 4.79 Å². The summed E-state index contributed by atoms with van der Waals surface area (Å²) in [5.41, 5.74) is 1.91. The molecule has 24 heavy (non-hydrogen) atoms. The molecule has 1 aromatic heterocycles. The van der Waals surface area contributed by atoms with E-state index in [1.54, 1.807) is 26.0 Å². The van der Waals surface area contributed by atoms with Gasteiger partial charge in [-0.25, -0.2) is 4.79 Å². The summed E-state index contributed by atoms with van der Waals surface area (Å²) in [4.78, 5) is 23.1. The predicted octanol–water partition coefficient (Wildman–Crippen LogP) is 3.16. The van der Waals surface area contributed by atoms with E-state index in [1.807, 2.05) is 26.0 Å². The number of hydrogen-bond acceptors (Lipinski definition) is 4. The van der Waals surface area contributed by atoms with E-state index in [0.29, 0.717) is 28.2 Å². The van der Waals surface area contributed by atoms with Crippen LogP contribution in [-0.2, 0) is 4.79 Å². The highest BCUT2D eigenvalue weighted by Crippen LogP contribution is 2.25. The van der Waals surface area contributed by atoms with Crippen LogP contribution in [-0.4, -0.2) is 23.6 Å². The molecule has 0 bridgehead atoms. The maximum absolute atomic E-state index is 12.4. The summed E-state index contributed by atoms with van der Waals surface area (Å²) in [7, 11) is 0. The van der Waals surface area contributed by atoms with E-state index >= 15 is 0 Å². The summed E-state index contributed by atoms with van der Waals surface area (Å²) in [6.45, 7) is 6.84. The number of carbonyl (C=O) groups is 2. The molecule has 0 saturated carbocycles. The number of furan rings is 1. The van der Waals surface area contributed by atoms with Crippen LogP contribution in [0.3, 0.4) is 0 Å². The molecule has 2 aromatic rings. The fraction of sp³-hybridized carbons (Fsp3) is 0.333. The fourth-order valence-corrected chi connectivity index (χ4v) is 2.48. The zero-order chi connectivity index (χ0) is 17.9. The van der Waals surface area contributed by atoms with Crippen LogP contribution in [0.5, 0.6) is 5.75 Å². The molecule has 1 amide bonds. The molecule has 1 aromatic carbocycles. The van der Waals surface area contributed by atoms with Crippen LogP contribution < -0.4 is 10.1 Å². The lowest BCUT2D eigenvalue weighted by Crippen LogP contribution is -2.26. The minimum absolute atomic E-state index is 0.229. The Morgan fingerprint density at radius 3 is 2.33 bits per heavy atom. The lowest BCUT2D eigenvalue weighted by Gasteiger charge is -2.15. The third-order valence-electron chi connectivity index (χ3n) is 3.60. The molecule has 0 aliphatic carbocycles. The molecule has 0 spiro atoms. The number of amides is 1. The molecular weight excluding hydrogens is 310 g/mol. The first-order valence-electron chi connectivity index (χ1n) is 7.61. The SMILES string of the molecule is Cc1ccc(C(C)NC(=O)c2cc(C)c(OCC(=O)O)c(C)c2)o1. The van der Waals surface area contributed by atoms with Crippen molar-refractivity contribution >= 4 is 11.9 Å². The number of rotatable bonds is 6. The van der Waals surface area contributed by atoms with Gasteiger partial charge in [0.05, 0.1) is 6.04 Å². The first-order valence-corrected chi connectivity index (χ1v) is 7.61. The predicted molar refractivity (Wildman–Crippen MR) is 88.4 cm³/mol. The van der Waals surface area contributed by atoms with Crippen LogP contribution >= 0.6 is 0 Å². The van der Waals surface area contributed by atoms with Crippen molar-refractivity contribution in [1.29, 1.82) is 0 Å². The number of aryl methyl sites for hydroxylation is 3. The summed E-state index contributed by atoms with van der Waals surface area (Å²) >= 11 is 0. The van der Waals surface area contributed by atoms with Gasteiger partial charge in [-0.15, -0.1) is 0 Å². The van der Waals surface area contributed by atoms with E-state index in [0.717, 1.165) is 5.76 Å². The van der Waals surface area contributed by atoms with Gasteiger partial charge in [-0.1, -0.05) is 0 Å². The third-order valence-corrected chi connectivity index (χ3v) is 3.60. The molecule has 128 valence electrons. The van der Waals surface area contributed by atoms with E-state index < -0.39 is 12.6 Å². The fourth-order valence-electron chi connectivity index (χ4n) is 2.48.